The van der Waals surface area contributed by atoms with Crippen LogP contribution in [-0.4, -0.2) is 12.0 Å². The number of halogens is 3. The molecule has 0 amide bonds. The van der Waals surface area contributed by atoms with Crippen LogP contribution in [0.5, 0.6) is 0 Å². The molecule has 0 heterocycles. The van der Waals surface area contributed by atoms with Crippen molar-refractivity contribution in [1.82, 2.24) is 0 Å². The van der Waals surface area contributed by atoms with Gasteiger partial charge < -0.3 is 0 Å². The molecule has 0 bridgehead atoms. The summed E-state index contributed by atoms with van der Waals surface area (Å²) in [6.45, 7) is 2.21. The summed E-state index contributed by atoms with van der Waals surface area (Å²) in [5.41, 5.74) is 0. The van der Waals surface area contributed by atoms with Crippen LogP contribution >= 0.6 is 0 Å². The van der Waals surface area contributed by atoms with E-state index in [1.807, 2.05) is 12.2 Å². The van der Waals surface area contributed by atoms with Gasteiger partial charge in [0.25, 0.3) is 0 Å². The highest BCUT2D eigenvalue weighted by molar-refractivity contribution is 5.83. The molecule has 26 heavy (non-hydrogen) atoms. The molecule has 148 valence electrons. The zero-order valence-corrected chi connectivity index (χ0v) is 15.9. The SMILES string of the molecule is CCCCCC=CCC=CCC=CCC=CCCCCC(=O)C(F)(F)F. The average molecular weight is 370 g/mol. The molecule has 0 spiro atoms. The van der Waals surface area contributed by atoms with Crippen LogP contribution in [0.3, 0.4) is 0 Å². The van der Waals surface area contributed by atoms with Gasteiger partial charge in [-0.1, -0.05) is 68.4 Å². The van der Waals surface area contributed by atoms with Crippen molar-refractivity contribution in [1.29, 1.82) is 0 Å². The van der Waals surface area contributed by atoms with Gasteiger partial charge in [-0.05, 0) is 51.4 Å². The molecule has 0 aromatic carbocycles. The zero-order chi connectivity index (χ0) is 19.5. The zero-order valence-electron chi connectivity index (χ0n) is 15.9. The number of alkyl halides is 3. The molecule has 0 rings (SSSR count). The fourth-order valence-corrected chi connectivity index (χ4v) is 2.25. The quantitative estimate of drug-likeness (QED) is 0.214. The molecule has 0 N–H and O–H groups in total. The molecule has 0 saturated carbocycles. The molecule has 1 nitrogen and oxygen atoms in total. The summed E-state index contributed by atoms with van der Waals surface area (Å²) in [4.78, 5) is 10.7. The predicted molar refractivity (Wildman–Crippen MR) is 104 cm³/mol. The Labute approximate surface area is 156 Å². The second-order valence-corrected chi connectivity index (χ2v) is 6.26. The van der Waals surface area contributed by atoms with Gasteiger partial charge in [0.15, 0.2) is 0 Å². The second kappa shape index (κ2) is 16.9. The van der Waals surface area contributed by atoms with Crippen LogP contribution in [0.4, 0.5) is 13.2 Å². The third-order valence-corrected chi connectivity index (χ3v) is 3.80. The lowest BCUT2D eigenvalue weighted by molar-refractivity contribution is -0.171. The first kappa shape index (κ1) is 24.4. The maximum Gasteiger partial charge on any atom is 0.449 e. The molecule has 0 aliphatic heterocycles. The number of carbonyl (C=O) groups is 1. The van der Waals surface area contributed by atoms with Crippen molar-refractivity contribution in [3.8, 4) is 0 Å². The lowest BCUT2D eigenvalue weighted by Gasteiger charge is -2.03. The second-order valence-electron chi connectivity index (χ2n) is 6.26. The number of hydrogen-bond acceptors (Lipinski definition) is 1. The van der Waals surface area contributed by atoms with Crippen molar-refractivity contribution >= 4 is 5.78 Å². The third-order valence-electron chi connectivity index (χ3n) is 3.80. The molecule has 0 saturated heterocycles. The Morgan fingerprint density at radius 2 is 1.12 bits per heavy atom. The molecular weight excluding hydrogens is 337 g/mol. The molecular formula is C22H33F3O. The monoisotopic (exact) mass is 370 g/mol. The van der Waals surface area contributed by atoms with Crippen molar-refractivity contribution in [2.75, 3.05) is 0 Å². The van der Waals surface area contributed by atoms with Gasteiger partial charge in [-0.25, -0.2) is 0 Å². The Morgan fingerprint density at radius 1 is 0.692 bits per heavy atom. The highest BCUT2D eigenvalue weighted by Crippen LogP contribution is 2.19. The van der Waals surface area contributed by atoms with Crippen molar-refractivity contribution in [2.24, 2.45) is 0 Å². The van der Waals surface area contributed by atoms with E-state index in [9.17, 15) is 18.0 Å². The summed E-state index contributed by atoms with van der Waals surface area (Å²) in [5.74, 6) is -1.62. The summed E-state index contributed by atoms with van der Waals surface area (Å²) in [5, 5.41) is 0. The van der Waals surface area contributed by atoms with E-state index in [0.29, 0.717) is 12.8 Å². The summed E-state index contributed by atoms with van der Waals surface area (Å²) >= 11 is 0. The smallest absolute Gasteiger partial charge is 0.290 e. The van der Waals surface area contributed by atoms with E-state index >= 15 is 0 Å². The van der Waals surface area contributed by atoms with Crippen LogP contribution in [0, 0.1) is 0 Å². The van der Waals surface area contributed by atoms with Crippen LogP contribution in [0.1, 0.15) is 77.6 Å². The van der Waals surface area contributed by atoms with Gasteiger partial charge in [-0.2, -0.15) is 13.2 Å². The van der Waals surface area contributed by atoms with E-state index in [2.05, 4.69) is 43.4 Å². The van der Waals surface area contributed by atoms with E-state index in [1.165, 1.54) is 25.7 Å². The van der Waals surface area contributed by atoms with Crippen LogP contribution in [0.15, 0.2) is 48.6 Å². The van der Waals surface area contributed by atoms with Gasteiger partial charge in [0.2, 0.25) is 5.78 Å². The Kier molecular flexibility index (Phi) is 15.8. The van der Waals surface area contributed by atoms with E-state index in [0.717, 1.165) is 19.3 Å². The third kappa shape index (κ3) is 17.2. The lowest BCUT2D eigenvalue weighted by Crippen LogP contribution is -2.22. The molecule has 0 fully saturated rings. The summed E-state index contributed by atoms with van der Waals surface area (Å²) in [7, 11) is 0. The number of unbranched alkanes of at least 4 members (excludes halogenated alkanes) is 5. The predicted octanol–water partition coefficient (Wildman–Crippen LogP) is 7.65. The Hall–Kier alpha value is -1.58. The average Bonchev–Trinajstić information content (AvgIpc) is 2.59. The Bertz CT molecular complexity index is 456. The Morgan fingerprint density at radius 3 is 1.54 bits per heavy atom. The highest BCUT2D eigenvalue weighted by Gasteiger charge is 2.36. The van der Waals surface area contributed by atoms with Gasteiger partial charge in [0.1, 0.15) is 0 Å². The van der Waals surface area contributed by atoms with E-state index < -0.39 is 18.4 Å². The highest BCUT2D eigenvalue weighted by atomic mass is 19.4. The van der Waals surface area contributed by atoms with Gasteiger partial charge in [-0.3, -0.25) is 4.79 Å². The minimum atomic E-state index is -4.68. The van der Waals surface area contributed by atoms with Crippen LogP contribution in [0.25, 0.3) is 0 Å². The molecule has 0 radical (unpaired) electrons. The van der Waals surface area contributed by atoms with Gasteiger partial charge in [0, 0.05) is 6.42 Å². The maximum atomic E-state index is 12.0. The van der Waals surface area contributed by atoms with Crippen molar-refractivity contribution < 1.29 is 18.0 Å². The normalized spacial score (nSPS) is 13.1. The lowest BCUT2D eigenvalue weighted by atomic mass is 10.1. The number of ketones is 1. The Balaban J connectivity index is 3.50. The van der Waals surface area contributed by atoms with Crippen LogP contribution in [0.2, 0.25) is 0 Å². The van der Waals surface area contributed by atoms with Crippen molar-refractivity contribution in [2.45, 2.75) is 83.7 Å². The first-order chi connectivity index (χ1) is 12.5. The fraction of sp³-hybridized carbons (Fsp3) is 0.591. The molecule has 0 aromatic heterocycles. The maximum absolute atomic E-state index is 12.0. The molecule has 0 aromatic rings. The van der Waals surface area contributed by atoms with Gasteiger partial charge in [-0.15, -0.1) is 0 Å². The van der Waals surface area contributed by atoms with E-state index in [-0.39, 0.29) is 6.42 Å². The van der Waals surface area contributed by atoms with Crippen LogP contribution < -0.4 is 0 Å². The summed E-state index contributed by atoms with van der Waals surface area (Å²) in [6.07, 6.45) is 21.2. The number of carbonyl (C=O) groups excluding carboxylic acids is 1. The largest absolute Gasteiger partial charge is 0.449 e. The number of hydrogen-bond donors (Lipinski definition) is 0. The van der Waals surface area contributed by atoms with Gasteiger partial charge in [0.05, 0.1) is 0 Å². The first-order valence-electron chi connectivity index (χ1n) is 9.68. The topological polar surface area (TPSA) is 17.1 Å². The van der Waals surface area contributed by atoms with E-state index in [4.69, 9.17) is 0 Å². The molecule has 0 aliphatic carbocycles. The minimum absolute atomic E-state index is 0.288. The molecule has 0 aliphatic rings. The number of Topliss-reactive ketones (excluding diaryl/α,β-unsaturated/α-hetero) is 1. The molecule has 0 atom stereocenters. The fourth-order valence-electron chi connectivity index (χ4n) is 2.25. The van der Waals surface area contributed by atoms with Gasteiger partial charge >= 0.3 is 6.18 Å². The molecule has 4 heteroatoms. The first-order valence-corrected chi connectivity index (χ1v) is 9.68. The molecule has 0 unspecified atom stereocenters. The summed E-state index contributed by atoms with van der Waals surface area (Å²) in [6, 6.07) is 0. The minimum Gasteiger partial charge on any atom is -0.290 e. The standard InChI is InChI=1S/C22H33F3O/c1-2-3-4-5-6-7-8-9-10-11-12-13-14-15-16-17-18-19-20-21(26)22(23,24)25/h6-7,9-10,12-13,15-16H,2-5,8,11,14,17-20H2,1H3. The van der Waals surface area contributed by atoms with Crippen molar-refractivity contribution in [3.63, 3.8) is 0 Å². The number of rotatable bonds is 15. The van der Waals surface area contributed by atoms with Crippen molar-refractivity contribution in [3.05, 3.63) is 48.6 Å². The summed E-state index contributed by atoms with van der Waals surface area (Å²) < 4.78 is 36.0. The number of allylic oxidation sites excluding steroid dienone is 8. The van der Waals surface area contributed by atoms with Crippen LogP contribution in [-0.2, 0) is 4.79 Å². The van der Waals surface area contributed by atoms with E-state index in [1.54, 1.807) is 0 Å².